The summed E-state index contributed by atoms with van der Waals surface area (Å²) in [5, 5.41) is 0. The Balaban J connectivity index is 1.59. The predicted octanol–water partition coefficient (Wildman–Crippen LogP) is 3.56. The third-order valence-corrected chi connectivity index (χ3v) is 5.77. The molecule has 1 amide bonds. The van der Waals surface area contributed by atoms with E-state index < -0.39 is 0 Å². The zero-order chi connectivity index (χ0) is 16.4. The lowest BCUT2D eigenvalue weighted by molar-refractivity contribution is -0.137. The highest BCUT2D eigenvalue weighted by molar-refractivity contribution is 9.10. The zero-order valence-corrected chi connectivity index (χ0v) is 15.3. The molecular weight excluding hydrogens is 358 g/mol. The number of ether oxygens (including phenoxy) is 2. The van der Waals surface area contributed by atoms with Crippen LogP contribution in [-0.4, -0.2) is 43.2 Å². The second-order valence-electron chi connectivity index (χ2n) is 6.48. The third-order valence-electron chi connectivity index (χ3n) is 5.15. The maximum absolute atomic E-state index is 12.7. The van der Waals surface area contributed by atoms with Gasteiger partial charge in [-0.15, -0.1) is 0 Å². The Labute approximate surface area is 146 Å². The largest absolute Gasteiger partial charge is 0.496 e. The zero-order valence-electron chi connectivity index (χ0n) is 13.8. The highest BCUT2D eigenvalue weighted by atomic mass is 79.9. The first-order chi connectivity index (χ1) is 11.1. The summed E-state index contributed by atoms with van der Waals surface area (Å²) in [5.74, 6) is 1.11. The maximum Gasteiger partial charge on any atom is 0.223 e. The second-order valence-corrected chi connectivity index (χ2v) is 7.34. The van der Waals surface area contributed by atoms with Crippen molar-refractivity contribution in [3.8, 4) is 5.75 Å². The van der Waals surface area contributed by atoms with Gasteiger partial charge in [0.2, 0.25) is 5.91 Å². The van der Waals surface area contributed by atoms with E-state index in [1.807, 2.05) is 18.2 Å². The smallest absolute Gasteiger partial charge is 0.223 e. The lowest BCUT2D eigenvalue weighted by Crippen LogP contribution is -2.48. The van der Waals surface area contributed by atoms with Gasteiger partial charge in [-0.2, -0.15) is 0 Å². The van der Waals surface area contributed by atoms with E-state index in [-0.39, 0.29) is 0 Å². The van der Waals surface area contributed by atoms with E-state index >= 15 is 0 Å². The first kappa shape index (κ1) is 16.8. The van der Waals surface area contributed by atoms with Crippen LogP contribution in [0.4, 0.5) is 0 Å². The number of amides is 1. The summed E-state index contributed by atoms with van der Waals surface area (Å²) in [6, 6.07) is 6.78. The molecule has 2 heterocycles. The van der Waals surface area contributed by atoms with Gasteiger partial charge in [-0.05, 0) is 65.7 Å². The molecule has 0 spiro atoms. The second kappa shape index (κ2) is 7.22. The van der Waals surface area contributed by atoms with Crippen molar-refractivity contribution in [1.82, 2.24) is 4.90 Å². The molecule has 3 rings (SSSR count). The lowest BCUT2D eigenvalue weighted by Gasteiger charge is -2.38. The number of halogens is 1. The highest BCUT2D eigenvalue weighted by Crippen LogP contribution is 2.37. The topological polar surface area (TPSA) is 38.8 Å². The Kier molecular flexibility index (Phi) is 5.27. The van der Waals surface area contributed by atoms with Crippen LogP contribution in [0.2, 0.25) is 0 Å². The van der Waals surface area contributed by atoms with Gasteiger partial charge in [-0.1, -0.05) is 6.07 Å². The minimum Gasteiger partial charge on any atom is -0.496 e. The fourth-order valence-corrected chi connectivity index (χ4v) is 4.56. The van der Waals surface area contributed by atoms with Gasteiger partial charge in [0.15, 0.2) is 0 Å². The number of carbonyl (C=O) groups is 1. The molecule has 2 aliphatic heterocycles. The number of benzene rings is 1. The summed E-state index contributed by atoms with van der Waals surface area (Å²) in [7, 11) is 3.44. The summed E-state index contributed by atoms with van der Waals surface area (Å²) in [4.78, 5) is 14.8. The number of carbonyl (C=O) groups excluding carboxylic acids is 1. The van der Waals surface area contributed by atoms with Crippen LogP contribution in [0.3, 0.4) is 0 Å². The van der Waals surface area contributed by atoms with Gasteiger partial charge >= 0.3 is 0 Å². The SMILES string of the molecule is COc1ccc(CCC(=O)N2C3CCC2CC(OC)C3)cc1Br. The normalized spacial score (nSPS) is 26.4. The van der Waals surface area contributed by atoms with Crippen LogP contribution >= 0.6 is 15.9 Å². The molecule has 5 heteroatoms. The molecule has 126 valence electrons. The molecule has 0 aromatic heterocycles. The average Bonchev–Trinajstić information content (AvgIpc) is 2.83. The van der Waals surface area contributed by atoms with Crippen molar-refractivity contribution in [2.45, 2.75) is 56.7 Å². The summed E-state index contributed by atoms with van der Waals surface area (Å²) < 4.78 is 11.7. The fraction of sp³-hybridized carbons (Fsp3) is 0.611. The van der Waals surface area contributed by atoms with E-state index in [1.54, 1.807) is 14.2 Å². The molecule has 2 bridgehead atoms. The standard InChI is InChI=1S/C18H24BrNO3/c1-22-15-10-13-5-6-14(11-15)20(13)18(21)8-4-12-3-7-17(23-2)16(19)9-12/h3,7,9,13-15H,4-6,8,10-11H2,1-2H3. The van der Waals surface area contributed by atoms with E-state index in [2.05, 4.69) is 20.8 Å². The van der Waals surface area contributed by atoms with Gasteiger partial charge in [0.05, 0.1) is 17.7 Å². The molecule has 0 aliphatic carbocycles. The summed E-state index contributed by atoms with van der Waals surface area (Å²) in [5.41, 5.74) is 1.16. The van der Waals surface area contributed by atoms with Crippen molar-refractivity contribution < 1.29 is 14.3 Å². The van der Waals surface area contributed by atoms with Gasteiger partial charge in [0, 0.05) is 25.6 Å². The fourth-order valence-electron chi connectivity index (χ4n) is 3.97. The van der Waals surface area contributed by atoms with Crippen LogP contribution in [-0.2, 0) is 16.0 Å². The Morgan fingerprint density at radius 3 is 2.52 bits per heavy atom. The van der Waals surface area contributed by atoms with E-state index in [4.69, 9.17) is 9.47 Å². The summed E-state index contributed by atoms with van der Waals surface area (Å²) in [6.45, 7) is 0. The van der Waals surface area contributed by atoms with Crippen molar-refractivity contribution in [2.24, 2.45) is 0 Å². The van der Waals surface area contributed by atoms with Gasteiger partial charge in [-0.3, -0.25) is 4.79 Å². The molecule has 2 saturated heterocycles. The average molecular weight is 382 g/mol. The van der Waals surface area contributed by atoms with Gasteiger partial charge in [0.25, 0.3) is 0 Å². The Bertz CT molecular complexity index is 563. The minimum atomic E-state index is 0.291. The molecule has 2 unspecified atom stereocenters. The third kappa shape index (κ3) is 3.56. The molecule has 2 atom stereocenters. The molecule has 0 saturated carbocycles. The van der Waals surface area contributed by atoms with Gasteiger partial charge in [0.1, 0.15) is 5.75 Å². The number of rotatable bonds is 5. The number of hydrogen-bond acceptors (Lipinski definition) is 3. The molecule has 0 N–H and O–H groups in total. The number of hydrogen-bond donors (Lipinski definition) is 0. The van der Waals surface area contributed by atoms with Crippen LogP contribution in [0.25, 0.3) is 0 Å². The first-order valence-electron chi connectivity index (χ1n) is 8.28. The molecular formula is C18H24BrNO3. The lowest BCUT2D eigenvalue weighted by atomic mass is 9.98. The predicted molar refractivity (Wildman–Crippen MR) is 92.7 cm³/mol. The first-order valence-corrected chi connectivity index (χ1v) is 9.08. The number of fused-ring (bicyclic) bond motifs is 2. The van der Waals surface area contributed by atoms with E-state index in [9.17, 15) is 4.79 Å². The minimum absolute atomic E-state index is 0.291. The number of nitrogens with zero attached hydrogens (tertiary/aromatic N) is 1. The van der Waals surface area contributed by atoms with Crippen molar-refractivity contribution in [2.75, 3.05) is 14.2 Å². The molecule has 1 aromatic carbocycles. The van der Waals surface area contributed by atoms with Crippen LogP contribution in [0.1, 0.15) is 37.7 Å². The van der Waals surface area contributed by atoms with Crippen LogP contribution in [0.15, 0.2) is 22.7 Å². The summed E-state index contributed by atoms with van der Waals surface area (Å²) in [6.07, 6.45) is 5.91. The quantitative estimate of drug-likeness (QED) is 0.782. The van der Waals surface area contributed by atoms with Crippen LogP contribution in [0.5, 0.6) is 5.75 Å². The number of aryl methyl sites for hydroxylation is 1. The van der Waals surface area contributed by atoms with Crippen molar-refractivity contribution >= 4 is 21.8 Å². The molecule has 2 aliphatic rings. The van der Waals surface area contributed by atoms with E-state index in [0.29, 0.717) is 30.5 Å². The van der Waals surface area contributed by atoms with Gasteiger partial charge in [-0.25, -0.2) is 0 Å². The van der Waals surface area contributed by atoms with Crippen molar-refractivity contribution in [1.29, 1.82) is 0 Å². The molecule has 0 radical (unpaired) electrons. The Morgan fingerprint density at radius 1 is 1.26 bits per heavy atom. The van der Waals surface area contributed by atoms with Gasteiger partial charge < -0.3 is 14.4 Å². The number of methoxy groups -OCH3 is 2. The molecule has 23 heavy (non-hydrogen) atoms. The molecule has 2 fully saturated rings. The van der Waals surface area contributed by atoms with Crippen molar-refractivity contribution in [3.05, 3.63) is 28.2 Å². The Hall–Kier alpha value is -1.07. The monoisotopic (exact) mass is 381 g/mol. The van der Waals surface area contributed by atoms with Crippen molar-refractivity contribution in [3.63, 3.8) is 0 Å². The van der Waals surface area contributed by atoms with E-state index in [1.165, 1.54) is 0 Å². The highest BCUT2D eigenvalue weighted by Gasteiger charge is 2.42. The Morgan fingerprint density at radius 2 is 1.96 bits per heavy atom. The van der Waals surface area contributed by atoms with Crippen LogP contribution < -0.4 is 4.74 Å². The van der Waals surface area contributed by atoms with Crippen LogP contribution in [0, 0.1) is 0 Å². The molecule has 1 aromatic rings. The maximum atomic E-state index is 12.7. The summed E-state index contributed by atoms with van der Waals surface area (Å²) >= 11 is 3.50. The number of piperidine rings is 1. The van der Waals surface area contributed by atoms with E-state index in [0.717, 1.165) is 47.9 Å². The molecule has 4 nitrogen and oxygen atoms in total.